The lowest BCUT2D eigenvalue weighted by molar-refractivity contribution is -0.145. The van der Waals surface area contributed by atoms with E-state index in [-0.39, 0.29) is 11.9 Å². The maximum Gasteiger partial charge on any atom is 0.313 e. The molecular weight excluding hydrogens is 242 g/mol. The third kappa shape index (κ3) is 4.89. The number of nitrogens with zero attached hydrogens (tertiary/aromatic N) is 1. The summed E-state index contributed by atoms with van der Waals surface area (Å²) >= 11 is 0. The molecule has 0 aliphatic carbocycles. The van der Waals surface area contributed by atoms with Crippen LogP contribution in [-0.4, -0.2) is 24.2 Å². The Morgan fingerprint density at radius 3 is 2.68 bits per heavy atom. The second kappa shape index (κ2) is 8.51. The van der Waals surface area contributed by atoms with Gasteiger partial charge in [0, 0.05) is 6.20 Å². The molecule has 19 heavy (non-hydrogen) atoms. The van der Waals surface area contributed by atoms with E-state index in [0.29, 0.717) is 19.0 Å². The van der Waals surface area contributed by atoms with Gasteiger partial charge >= 0.3 is 5.97 Å². The van der Waals surface area contributed by atoms with Crippen molar-refractivity contribution in [2.24, 2.45) is 0 Å². The van der Waals surface area contributed by atoms with E-state index in [1.165, 1.54) is 0 Å². The SMILES string of the molecule is CCCOc1cncc(C(CCC)C(=O)OCC)c1. The van der Waals surface area contributed by atoms with E-state index in [9.17, 15) is 4.79 Å². The molecule has 1 aromatic heterocycles. The number of hydrogen-bond acceptors (Lipinski definition) is 4. The van der Waals surface area contributed by atoms with Gasteiger partial charge in [-0.05, 0) is 31.4 Å². The van der Waals surface area contributed by atoms with E-state index in [0.717, 1.165) is 24.8 Å². The van der Waals surface area contributed by atoms with Gasteiger partial charge in [0.2, 0.25) is 0 Å². The van der Waals surface area contributed by atoms with Gasteiger partial charge in [0.25, 0.3) is 0 Å². The van der Waals surface area contributed by atoms with Gasteiger partial charge < -0.3 is 9.47 Å². The minimum Gasteiger partial charge on any atom is -0.492 e. The number of pyridine rings is 1. The zero-order valence-corrected chi connectivity index (χ0v) is 12.0. The highest BCUT2D eigenvalue weighted by atomic mass is 16.5. The summed E-state index contributed by atoms with van der Waals surface area (Å²) in [5, 5.41) is 0. The van der Waals surface area contributed by atoms with Crippen LogP contribution >= 0.6 is 0 Å². The Morgan fingerprint density at radius 2 is 2.05 bits per heavy atom. The molecule has 0 amide bonds. The van der Waals surface area contributed by atoms with Crippen molar-refractivity contribution < 1.29 is 14.3 Å². The van der Waals surface area contributed by atoms with Gasteiger partial charge in [-0.25, -0.2) is 0 Å². The normalized spacial score (nSPS) is 11.9. The van der Waals surface area contributed by atoms with Gasteiger partial charge in [-0.2, -0.15) is 0 Å². The zero-order chi connectivity index (χ0) is 14.1. The van der Waals surface area contributed by atoms with Crippen LogP contribution < -0.4 is 4.74 Å². The van der Waals surface area contributed by atoms with Crippen LogP contribution in [0.5, 0.6) is 5.75 Å². The first-order valence-electron chi connectivity index (χ1n) is 6.97. The number of aromatic nitrogens is 1. The lowest BCUT2D eigenvalue weighted by Gasteiger charge is -2.15. The first kappa shape index (κ1) is 15.5. The fraction of sp³-hybridized carbons (Fsp3) is 0.600. The fourth-order valence-electron chi connectivity index (χ4n) is 1.88. The highest BCUT2D eigenvalue weighted by Crippen LogP contribution is 2.25. The Hall–Kier alpha value is -1.58. The van der Waals surface area contributed by atoms with Gasteiger partial charge in [0.1, 0.15) is 5.75 Å². The maximum absolute atomic E-state index is 12.0. The second-order valence-electron chi connectivity index (χ2n) is 4.40. The average Bonchev–Trinajstić information content (AvgIpc) is 2.43. The van der Waals surface area contributed by atoms with Crippen molar-refractivity contribution >= 4 is 5.97 Å². The Kier molecular flexibility index (Phi) is 6.93. The quantitative estimate of drug-likeness (QED) is 0.676. The molecule has 0 saturated carbocycles. The predicted octanol–water partition coefficient (Wildman–Crippen LogP) is 3.32. The number of ether oxygens (including phenoxy) is 2. The molecule has 0 aliphatic rings. The van der Waals surface area contributed by atoms with Gasteiger partial charge in [0.15, 0.2) is 0 Å². The molecule has 1 heterocycles. The van der Waals surface area contributed by atoms with E-state index in [2.05, 4.69) is 18.8 Å². The van der Waals surface area contributed by atoms with Crippen LogP contribution in [0.1, 0.15) is 51.5 Å². The molecule has 0 bridgehead atoms. The lowest BCUT2D eigenvalue weighted by atomic mass is 9.96. The van der Waals surface area contributed by atoms with Crippen LogP contribution in [0.4, 0.5) is 0 Å². The van der Waals surface area contributed by atoms with Crippen LogP contribution in [0.15, 0.2) is 18.5 Å². The summed E-state index contributed by atoms with van der Waals surface area (Å²) in [5.41, 5.74) is 0.869. The molecule has 0 aromatic carbocycles. The smallest absolute Gasteiger partial charge is 0.313 e. The largest absolute Gasteiger partial charge is 0.492 e. The first-order chi connectivity index (χ1) is 9.22. The summed E-state index contributed by atoms with van der Waals surface area (Å²) < 4.78 is 10.7. The van der Waals surface area contributed by atoms with Gasteiger partial charge in [0.05, 0.1) is 25.3 Å². The Balaban J connectivity index is 2.85. The Morgan fingerprint density at radius 1 is 1.26 bits per heavy atom. The van der Waals surface area contributed by atoms with Gasteiger partial charge in [-0.3, -0.25) is 9.78 Å². The van der Waals surface area contributed by atoms with Crippen LogP contribution in [-0.2, 0) is 9.53 Å². The third-order valence-electron chi connectivity index (χ3n) is 2.76. The summed E-state index contributed by atoms with van der Waals surface area (Å²) in [6, 6.07) is 1.89. The molecule has 1 unspecified atom stereocenters. The molecule has 1 atom stereocenters. The lowest BCUT2D eigenvalue weighted by Crippen LogP contribution is -2.16. The standard InChI is InChI=1S/C15H23NO3/c1-4-7-14(15(17)18-6-3)12-9-13(11-16-10-12)19-8-5-2/h9-11,14H,4-8H2,1-3H3. The minimum atomic E-state index is -0.248. The van der Waals surface area contributed by atoms with Gasteiger partial charge in [-0.15, -0.1) is 0 Å². The molecule has 106 valence electrons. The molecule has 1 aromatic rings. The summed E-state index contributed by atoms with van der Waals surface area (Å²) in [7, 11) is 0. The molecule has 0 aliphatic heterocycles. The van der Waals surface area contributed by atoms with E-state index in [1.54, 1.807) is 12.4 Å². The molecule has 0 saturated heterocycles. The maximum atomic E-state index is 12.0. The Labute approximate surface area is 115 Å². The van der Waals surface area contributed by atoms with Crippen molar-refractivity contribution in [3.63, 3.8) is 0 Å². The molecule has 0 N–H and O–H groups in total. The predicted molar refractivity (Wildman–Crippen MR) is 74.3 cm³/mol. The van der Waals surface area contributed by atoms with E-state index in [4.69, 9.17) is 9.47 Å². The van der Waals surface area contributed by atoms with Crippen LogP contribution in [0.25, 0.3) is 0 Å². The van der Waals surface area contributed by atoms with Crippen molar-refractivity contribution in [2.45, 2.75) is 46.0 Å². The highest BCUT2D eigenvalue weighted by molar-refractivity contribution is 5.78. The van der Waals surface area contributed by atoms with Crippen LogP contribution in [0.2, 0.25) is 0 Å². The van der Waals surface area contributed by atoms with Crippen molar-refractivity contribution in [3.8, 4) is 5.75 Å². The number of rotatable bonds is 8. The van der Waals surface area contributed by atoms with Crippen molar-refractivity contribution in [3.05, 3.63) is 24.0 Å². The minimum absolute atomic E-state index is 0.182. The van der Waals surface area contributed by atoms with Crippen LogP contribution in [0, 0.1) is 0 Å². The van der Waals surface area contributed by atoms with E-state index in [1.807, 2.05) is 13.0 Å². The summed E-state index contributed by atoms with van der Waals surface area (Å²) in [6.45, 7) is 6.98. The molecular formula is C15H23NO3. The van der Waals surface area contributed by atoms with Crippen molar-refractivity contribution in [1.29, 1.82) is 0 Å². The molecule has 0 radical (unpaired) electrons. The second-order valence-corrected chi connectivity index (χ2v) is 4.40. The molecule has 0 fully saturated rings. The van der Waals surface area contributed by atoms with Crippen molar-refractivity contribution in [2.75, 3.05) is 13.2 Å². The first-order valence-corrected chi connectivity index (χ1v) is 6.97. The molecule has 4 nitrogen and oxygen atoms in total. The molecule has 4 heteroatoms. The topological polar surface area (TPSA) is 48.4 Å². The fourth-order valence-corrected chi connectivity index (χ4v) is 1.88. The molecule has 1 rings (SSSR count). The Bertz CT molecular complexity index is 393. The average molecular weight is 265 g/mol. The highest BCUT2D eigenvalue weighted by Gasteiger charge is 2.21. The van der Waals surface area contributed by atoms with E-state index >= 15 is 0 Å². The number of carbonyl (C=O) groups excluding carboxylic acids is 1. The summed E-state index contributed by atoms with van der Waals surface area (Å²) in [6.07, 6.45) is 6.02. The summed E-state index contributed by atoms with van der Waals surface area (Å²) in [5.74, 6) is 0.283. The van der Waals surface area contributed by atoms with E-state index < -0.39 is 0 Å². The number of esters is 1. The number of carbonyl (C=O) groups is 1. The van der Waals surface area contributed by atoms with Crippen molar-refractivity contribution in [1.82, 2.24) is 4.98 Å². The third-order valence-corrected chi connectivity index (χ3v) is 2.76. The monoisotopic (exact) mass is 265 g/mol. The molecule has 0 spiro atoms. The van der Waals surface area contributed by atoms with Gasteiger partial charge in [-0.1, -0.05) is 20.3 Å². The van der Waals surface area contributed by atoms with Crippen LogP contribution in [0.3, 0.4) is 0 Å². The zero-order valence-electron chi connectivity index (χ0n) is 12.0. The summed E-state index contributed by atoms with van der Waals surface area (Å²) in [4.78, 5) is 16.1. The number of hydrogen-bond donors (Lipinski definition) is 0.